The molecule has 0 spiro atoms. The van der Waals surface area contributed by atoms with Crippen molar-refractivity contribution in [3.05, 3.63) is 35.6 Å². The minimum absolute atomic E-state index is 0.380. The molecule has 7 heteroatoms. The fraction of sp³-hybridized carbons (Fsp3) is 0.0833. The van der Waals surface area contributed by atoms with Crippen molar-refractivity contribution in [2.75, 3.05) is 7.11 Å². The topological polar surface area (TPSA) is 76.8 Å². The summed E-state index contributed by atoms with van der Waals surface area (Å²) < 4.78 is 10.4. The number of methoxy groups -OCH3 is 1. The maximum atomic E-state index is 5.97. The van der Waals surface area contributed by atoms with E-state index >= 15 is 0 Å². The number of aromatic amines is 1. The van der Waals surface area contributed by atoms with Crippen molar-refractivity contribution in [1.82, 2.24) is 20.3 Å². The lowest BCUT2D eigenvalue weighted by Crippen LogP contribution is -1.89. The van der Waals surface area contributed by atoms with E-state index in [2.05, 4.69) is 20.3 Å². The van der Waals surface area contributed by atoms with E-state index in [0.717, 1.165) is 5.56 Å². The minimum atomic E-state index is 0.380. The Hall–Kier alpha value is -2.34. The van der Waals surface area contributed by atoms with Gasteiger partial charge in [0.05, 0.1) is 24.4 Å². The van der Waals surface area contributed by atoms with E-state index in [1.54, 1.807) is 37.7 Å². The van der Waals surface area contributed by atoms with Crippen LogP contribution in [0.1, 0.15) is 0 Å². The molecule has 0 fully saturated rings. The van der Waals surface area contributed by atoms with E-state index in [9.17, 15) is 0 Å². The number of aromatic nitrogens is 4. The van der Waals surface area contributed by atoms with Crippen LogP contribution in [0.4, 0.5) is 0 Å². The van der Waals surface area contributed by atoms with Gasteiger partial charge in [-0.25, -0.2) is 0 Å². The number of benzene rings is 1. The predicted octanol–water partition coefficient (Wildman–Crippen LogP) is 2.79. The number of nitrogens with zero attached hydrogens (tertiary/aromatic N) is 3. The Morgan fingerprint density at radius 3 is 3.00 bits per heavy atom. The van der Waals surface area contributed by atoms with Crippen LogP contribution in [0.2, 0.25) is 5.02 Å². The Kier molecular flexibility index (Phi) is 2.92. The molecule has 0 amide bonds. The Balaban J connectivity index is 2.06. The van der Waals surface area contributed by atoms with Gasteiger partial charge in [-0.1, -0.05) is 16.8 Å². The number of rotatable bonds is 3. The fourth-order valence-corrected chi connectivity index (χ4v) is 1.85. The highest BCUT2D eigenvalue weighted by Crippen LogP contribution is 2.31. The molecule has 0 aliphatic carbocycles. The molecular weight excluding hydrogens is 268 g/mol. The SMILES string of the molecule is COc1ccc(Cl)cc1-c1noc(-c2cn[nH]c2)n1. The van der Waals surface area contributed by atoms with Crippen LogP contribution in [0.3, 0.4) is 0 Å². The predicted molar refractivity (Wildman–Crippen MR) is 68.9 cm³/mol. The van der Waals surface area contributed by atoms with E-state index in [4.69, 9.17) is 20.9 Å². The summed E-state index contributed by atoms with van der Waals surface area (Å²) in [6.07, 6.45) is 3.28. The first-order chi connectivity index (χ1) is 9.28. The molecule has 3 aromatic rings. The van der Waals surface area contributed by atoms with Crippen LogP contribution >= 0.6 is 11.6 Å². The molecule has 1 N–H and O–H groups in total. The molecule has 1 aromatic carbocycles. The van der Waals surface area contributed by atoms with Crippen LogP contribution in [0, 0.1) is 0 Å². The van der Waals surface area contributed by atoms with Gasteiger partial charge in [0.25, 0.3) is 5.89 Å². The Bertz CT molecular complexity index is 694. The monoisotopic (exact) mass is 276 g/mol. The standard InChI is InChI=1S/C12H9ClN4O2/c1-18-10-3-2-8(13)4-9(10)11-16-12(19-17-11)7-5-14-15-6-7/h2-6H,1H3,(H,14,15). The molecule has 0 saturated heterocycles. The molecule has 2 heterocycles. The van der Waals surface area contributed by atoms with Crippen LogP contribution in [-0.4, -0.2) is 27.4 Å². The quantitative estimate of drug-likeness (QED) is 0.796. The summed E-state index contributed by atoms with van der Waals surface area (Å²) in [5.41, 5.74) is 1.40. The van der Waals surface area contributed by atoms with Gasteiger partial charge in [-0.2, -0.15) is 10.1 Å². The lowest BCUT2D eigenvalue weighted by atomic mass is 10.2. The summed E-state index contributed by atoms with van der Waals surface area (Å²) in [6, 6.07) is 5.22. The summed E-state index contributed by atoms with van der Waals surface area (Å²) >= 11 is 5.97. The number of hydrogen-bond donors (Lipinski definition) is 1. The third-order valence-corrected chi connectivity index (χ3v) is 2.81. The third-order valence-electron chi connectivity index (χ3n) is 2.57. The zero-order valence-corrected chi connectivity index (χ0v) is 10.7. The molecule has 0 saturated carbocycles. The molecule has 96 valence electrons. The summed E-state index contributed by atoms with van der Waals surface area (Å²) in [6.45, 7) is 0. The second-order valence-corrected chi connectivity index (χ2v) is 4.19. The molecule has 0 unspecified atom stereocenters. The molecular formula is C12H9ClN4O2. The maximum Gasteiger partial charge on any atom is 0.261 e. The highest BCUT2D eigenvalue weighted by molar-refractivity contribution is 6.30. The molecule has 2 aromatic heterocycles. The Labute approximate surface area is 113 Å². The zero-order valence-electron chi connectivity index (χ0n) is 9.92. The van der Waals surface area contributed by atoms with Gasteiger partial charge in [0.15, 0.2) is 0 Å². The molecule has 3 rings (SSSR count). The summed E-state index contributed by atoms with van der Waals surface area (Å²) in [7, 11) is 1.57. The molecule has 19 heavy (non-hydrogen) atoms. The van der Waals surface area contributed by atoms with Crippen LogP contribution < -0.4 is 4.74 Å². The van der Waals surface area contributed by atoms with E-state index in [1.165, 1.54) is 0 Å². The number of hydrogen-bond acceptors (Lipinski definition) is 5. The highest BCUT2D eigenvalue weighted by Gasteiger charge is 2.15. The van der Waals surface area contributed by atoms with Gasteiger partial charge >= 0.3 is 0 Å². The second-order valence-electron chi connectivity index (χ2n) is 3.75. The smallest absolute Gasteiger partial charge is 0.261 e. The van der Waals surface area contributed by atoms with E-state index in [0.29, 0.717) is 28.1 Å². The fourth-order valence-electron chi connectivity index (χ4n) is 1.67. The maximum absolute atomic E-state index is 5.97. The van der Waals surface area contributed by atoms with Gasteiger partial charge in [0.1, 0.15) is 5.75 Å². The molecule has 6 nitrogen and oxygen atoms in total. The first-order valence-electron chi connectivity index (χ1n) is 5.44. The van der Waals surface area contributed by atoms with Crippen LogP contribution in [-0.2, 0) is 0 Å². The van der Waals surface area contributed by atoms with Gasteiger partial charge < -0.3 is 9.26 Å². The molecule has 0 bridgehead atoms. The number of ether oxygens (including phenoxy) is 1. The van der Waals surface area contributed by atoms with Crippen LogP contribution in [0.25, 0.3) is 22.8 Å². The Morgan fingerprint density at radius 2 is 2.26 bits per heavy atom. The third kappa shape index (κ3) is 2.17. The molecule has 0 aliphatic rings. The normalized spacial score (nSPS) is 10.6. The van der Waals surface area contributed by atoms with Gasteiger partial charge in [-0.3, -0.25) is 5.10 Å². The average molecular weight is 277 g/mol. The first kappa shape index (κ1) is 11.7. The van der Waals surface area contributed by atoms with Crippen molar-refractivity contribution in [2.24, 2.45) is 0 Å². The van der Waals surface area contributed by atoms with Gasteiger partial charge in [-0.15, -0.1) is 0 Å². The van der Waals surface area contributed by atoms with E-state index < -0.39 is 0 Å². The summed E-state index contributed by atoms with van der Waals surface area (Å²) in [4.78, 5) is 4.30. The van der Waals surface area contributed by atoms with Gasteiger partial charge in [0, 0.05) is 11.2 Å². The van der Waals surface area contributed by atoms with Crippen molar-refractivity contribution in [2.45, 2.75) is 0 Å². The van der Waals surface area contributed by atoms with E-state index in [1.807, 2.05) is 0 Å². The highest BCUT2D eigenvalue weighted by atomic mass is 35.5. The lowest BCUT2D eigenvalue weighted by molar-refractivity contribution is 0.413. The largest absolute Gasteiger partial charge is 0.496 e. The lowest BCUT2D eigenvalue weighted by Gasteiger charge is -2.04. The van der Waals surface area contributed by atoms with Crippen molar-refractivity contribution >= 4 is 11.6 Å². The number of halogens is 1. The van der Waals surface area contributed by atoms with Gasteiger partial charge in [0.2, 0.25) is 5.82 Å². The van der Waals surface area contributed by atoms with E-state index in [-0.39, 0.29) is 0 Å². The van der Waals surface area contributed by atoms with Crippen molar-refractivity contribution in [3.63, 3.8) is 0 Å². The van der Waals surface area contributed by atoms with Gasteiger partial charge in [-0.05, 0) is 18.2 Å². The average Bonchev–Trinajstić information content (AvgIpc) is 3.09. The summed E-state index contributed by atoms with van der Waals surface area (Å²) in [5.74, 6) is 1.42. The molecule has 0 radical (unpaired) electrons. The number of H-pyrrole nitrogens is 1. The molecule has 0 aliphatic heterocycles. The number of nitrogens with one attached hydrogen (secondary N) is 1. The summed E-state index contributed by atoms with van der Waals surface area (Å²) in [5, 5.41) is 11.0. The van der Waals surface area contributed by atoms with Crippen molar-refractivity contribution < 1.29 is 9.26 Å². The minimum Gasteiger partial charge on any atom is -0.496 e. The van der Waals surface area contributed by atoms with Crippen LogP contribution in [0.15, 0.2) is 35.1 Å². The molecule has 0 atom stereocenters. The van der Waals surface area contributed by atoms with Crippen LogP contribution in [0.5, 0.6) is 5.75 Å². The Morgan fingerprint density at radius 1 is 1.37 bits per heavy atom. The van der Waals surface area contributed by atoms with Crippen molar-refractivity contribution in [1.29, 1.82) is 0 Å². The second kappa shape index (κ2) is 4.74. The zero-order chi connectivity index (χ0) is 13.2. The first-order valence-corrected chi connectivity index (χ1v) is 5.82. The van der Waals surface area contributed by atoms with Crippen molar-refractivity contribution in [3.8, 4) is 28.6 Å².